The maximum atomic E-state index is 12.3. The Hall–Kier alpha value is -3.12. The molecule has 4 rings (SSSR count). The predicted molar refractivity (Wildman–Crippen MR) is 107 cm³/mol. The van der Waals surface area contributed by atoms with Gasteiger partial charge in [-0.15, -0.1) is 11.3 Å². The minimum atomic E-state index is -0.267. The van der Waals surface area contributed by atoms with Crippen molar-refractivity contribution in [3.05, 3.63) is 71.4 Å². The van der Waals surface area contributed by atoms with Crippen LogP contribution in [0.3, 0.4) is 0 Å². The standard InChI is InChI=1S/C20H18N4OS/c1-13-6-7-17(10-14(13)2)22-19(25)21-16-5-3-4-15(11-16)18-12-24-8-9-26-20(24)23-18/h3-12H,1-2H3,(H2,21,22,25). The van der Waals surface area contributed by atoms with Gasteiger partial charge in [0.1, 0.15) is 0 Å². The van der Waals surface area contributed by atoms with Gasteiger partial charge in [0.25, 0.3) is 0 Å². The number of nitrogens with zero attached hydrogens (tertiary/aromatic N) is 2. The highest BCUT2D eigenvalue weighted by molar-refractivity contribution is 7.15. The number of thiazole rings is 1. The summed E-state index contributed by atoms with van der Waals surface area (Å²) in [4.78, 5) is 17.8. The molecule has 5 nitrogen and oxygen atoms in total. The Morgan fingerprint density at radius 2 is 1.85 bits per heavy atom. The Balaban J connectivity index is 1.50. The van der Waals surface area contributed by atoms with Gasteiger partial charge in [-0.2, -0.15) is 0 Å². The molecule has 0 saturated heterocycles. The molecule has 0 aliphatic heterocycles. The summed E-state index contributed by atoms with van der Waals surface area (Å²) in [6.07, 6.45) is 3.97. The number of benzene rings is 2. The molecule has 2 heterocycles. The van der Waals surface area contributed by atoms with Gasteiger partial charge in [0.05, 0.1) is 5.69 Å². The quantitative estimate of drug-likeness (QED) is 0.518. The summed E-state index contributed by atoms with van der Waals surface area (Å²) in [5.41, 5.74) is 5.68. The second-order valence-corrected chi connectivity index (χ2v) is 7.05. The minimum absolute atomic E-state index is 0.267. The molecule has 6 heteroatoms. The molecular weight excluding hydrogens is 344 g/mol. The Bertz CT molecular complexity index is 1070. The molecule has 2 N–H and O–H groups in total. The number of amides is 2. The van der Waals surface area contributed by atoms with E-state index in [0.717, 1.165) is 33.2 Å². The van der Waals surface area contributed by atoms with Gasteiger partial charge in [0.15, 0.2) is 4.96 Å². The average Bonchev–Trinajstić information content (AvgIpc) is 3.20. The second-order valence-electron chi connectivity index (χ2n) is 6.18. The molecule has 0 saturated carbocycles. The third-order valence-corrected chi connectivity index (χ3v) is 5.04. The molecule has 0 aliphatic rings. The van der Waals surface area contributed by atoms with Gasteiger partial charge in [-0.3, -0.25) is 4.40 Å². The number of aromatic nitrogens is 2. The fourth-order valence-corrected chi connectivity index (χ4v) is 3.44. The monoisotopic (exact) mass is 362 g/mol. The lowest BCUT2D eigenvalue weighted by Crippen LogP contribution is -2.19. The molecule has 0 aliphatic carbocycles. The average molecular weight is 362 g/mol. The van der Waals surface area contributed by atoms with E-state index >= 15 is 0 Å². The molecule has 0 radical (unpaired) electrons. The summed E-state index contributed by atoms with van der Waals surface area (Å²) in [6, 6.07) is 13.3. The van der Waals surface area contributed by atoms with Crippen molar-refractivity contribution >= 4 is 33.7 Å². The van der Waals surface area contributed by atoms with E-state index in [2.05, 4.69) is 15.6 Å². The summed E-state index contributed by atoms with van der Waals surface area (Å²) in [5, 5.41) is 7.75. The molecule has 0 fully saturated rings. The fraction of sp³-hybridized carbons (Fsp3) is 0.100. The van der Waals surface area contributed by atoms with Gasteiger partial charge in [0.2, 0.25) is 0 Å². The van der Waals surface area contributed by atoms with Crippen LogP contribution in [0.4, 0.5) is 16.2 Å². The van der Waals surface area contributed by atoms with Crippen molar-refractivity contribution in [1.82, 2.24) is 9.38 Å². The fourth-order valence-electron chi connectivity index (χ4n) is 2.74. The van der Waals surface area contributed by atoms with Crippen LogP contribution in [0, 0.1) is 13.8 Å². The van der Waals surface area contributed by atoms with Crippen LogP contribution in [0.25, 0.3) is 16.2 Å². The molecular formula is C20H18N4OS. The normalized spacial score (nSPS) is 10.8. The van der Waals surface area contributed by atoms with E-state index in [9.17, 15) is 4.79 Å². The van der Waals surface area contributed by atoms with E-state index in [4.69, 9.17) is 0 Å². The molecule has 26 heavy (non-hydrogen) atoms. The number of rotatable bonds is 3. The third kappa shape index (κ3) is 3.32. The van der Waals surface area contributed by atoms with E-state index in [0.29, 0.717) is 0 Å². The Labute approximate surface area is 155 Å². The number of hydrogen-bond acceptors (Lipinski definition) is 3. The van der Waals surface area contributed by atoms with E-state index in [1.807, 2.05) is 78.5 Å². The smallest absolute Gasteiger partial charge is 0.308 e. The van der Waals surface area contributed by atoms with Crippen molar-refractivity contribution < 1.29 is 4.79 Å². The summed E-state index contributed by atoms with van der Waals surface area (Å²) in [5.74, 6) is 0. The number of aryl methyl sites for hydroxylation is 2. The highest BCUT2D eigenvalue weighted by atomic mass is 32.1. The zero-order chi connectivity index (χ0) is 18.1. The lowest BCUT2D eigenvalue weighted by Gasteiger charge is -2.10. The van der Waals surface area contributed by atoms with Crippen LogP contribution in [0.2, 0.25) is 0 Å². The van der Waals surface area contributed by atoms with Gasteiger partial charge in [0, 0.05) is 34.7 Å². The maximum absolute atomic E-state index is 12.3. The number of carbonyl (C=O) groups is 1. The van der Waals surface area contributed by atoms with Gasteiger partial charge in [-0.25, -0.2) is 9.78 Å². The largest absolute Gasteiger partial charge is 0.323 e. The number of nitrogens with one attached hydrogen (secondary N) is 2. The number of imidazole rings is 1. The highest BCUT2D eigenvalue weighted by Crippen LogP contribution is 2.24. The van der Waals surface area contributed by atoms with E-state index in [1.54, 1.807) is 11.3 Å². The molecule has 2 amide bonds. The van der Waals surface area contributed by atoms with E-state index < -0.39 is 0 Å². The van der Waals surface area contributed by atoms with Crippen molar-refractivity contribution in [3.8, 4) is 11.3 Å². The third-order valence-electron chi connectivity index (χ3n) is 4.27. The predicted octanol–water partition coefficient (Wildman–Crippen LogP) is 5.32. The van der Waals surface area contributed by atoms with Crippen LogP contribution in [-0.2, 0) is 0 Å². The molecule has 0 spiro atoms. The molecule has 2 aromatic heterocycles. The van der Waals surface area contributed by atoms with E-state index in [1.165, 1.54) is 5.56 Å². The van der Waals surface area contributed by atoms with Crippen LogP contribution in [0.1, 0.15) is 11.1 Å². The van der Waals surface area contributed by atoms with Crippen LogP contribution < -0.4 is 10.6 Å². The Morgan fingerprint density at radius 1 is 1.04 bits per heavy atom. The van der Waals surface area contributed by atoms with Crippen LogP contribution >= 0.6 is 11.3 Å². The van der Waals surface area contributed by atoms with Crippen LogP contribution in [-0.4, -0.2) is 15.4 Å². The number of urea groups is 1. The molecule has 0 bridgehead atoms. The van der Waals surface area contributed by atoms with Gasteiger partial charge < -0.3 is 10.6 Å². The lowest BCUT2D eigenvalue weighted by molar-refractivity contribution is 0.262. The maximum Gasteiger partial charge on any atom is 0.323 e. The van der Waals surface area contributed by atoms with Crippen molar-refractivity contribution in [2.45, 2.75) is 13.8 Å². The van der Waals surface area contributed by atoms with Crippen LogP contribution in [0.15, 0.2) is 60.2 Å². The second kappa shape index (κ2) is 6.65. The number of fused-ring (bicyclic) bond motifs is 1. The van der Waals surface area contributed by atoms with Crippen molar-refractivity contribution in [2.24, 2.45) is 0 Å². The van der Waals surface area contributed by atoms with Gasteiger partial charge in [-0.05, 0) is 49.2 Å². The van der Waals surface area contributed by atoms with Crippen molar-refractivity contribution in [2.75, 3.05) is 10.6 Å². The molecule has 0 unspecified atom stereocenters. The molecule has 2 aromatic carbocycles. The lowest BCUT2D eigenvalue weighted by atomic mass is 10.1. The molecule has 4 aromatic rings. The summed E-state index contributed by atoms with van der Waals surface area (Å²) >= 11 is 1.59. The molecule has 0 atom stereocenters. The van der Waals surface area contributed by atoms with E-state index in [-0.39, 0.29) is 6.03 Å². The first kappa shape index (κ1) is 16.4. The number of carbonyl (C=O) groups excluding carboxylic acids is 1. The summed E-state index contributed by atoms with van der Waals surface area (Å²) in [7, 11) is 0. The number of hydrogen-bond donors (Lipinski definition) is 2. The zero-order valence-electron chi connectivity index (χ0n) is 14.5. The Kier molecular flexibility index (Phi) is 4.18. The van der Waals surface area contributed by atoms with Crippen molar-refractivity contribution in [1.29, 1.82) is 0 Å². The first-order valence-corrected chi connectivity index (χ1v) is 9.14. The SMILES string of the molecule is Cc1ccc(NC(=O)Nc2cccc(-c3cn4ccsc4n3)c2)cc1C. The van der Waals surface area contributed by atoms with Crippen LogP contribution in [0.5, 0.6) is 0 Å². The van der Waals surface area contributed by atoms with Gasteiger partial charge in [-0.1, -0.05) is 18.2 Å². The zero-order valence-corrected chi connectivity index (χ0v) is 15.3. The Morgan fingerprint density at radius 3 is 2.62 bits per heavy atom. The van der Waals surface area contributed by atoms with Gasteiger partial charge >= 0.3 is 6.03 Å². The summed E-state index contributed by atoms with van der Waals surface area (Å²) < 4.78 is 1.99. The number of anilines is 2. The minimum Gasteiger partial charge on any atom is -0.308 e. The molecule has 130 valence electrons. The topological polar surface area (TPSA) is 58.4 Å². The highest BCUT2D eigenvalue weighted by Gasteiger charge is 2.08. The van der Waals surface area contributed by atoms with Crippen molar-refractivity contribution in [3.63, 3.8) is 0 Å². The summed E-state index contributed by atoms with van der Waals surface area (Å²) in [6.45, 7) is 4.07. The first-order valence-electron chi connectivity index (χ1n) is 8.26. The first-order chi connectivity index (χ1) is 12.6.